The van der Waals surface area contributed by atoms with Crippen LogP contribution in [0.1, 0.15) is 40.0 Å². The van der Waals surface area contributed by atoms with Gasteiger partial charge < -0.3 is 9.84 Å². The van der Waals surface area contributed by atoms with Crippen LogP contribution in [0.5, 0.6) is 0 Å². The molecule has 80 valence electrons. The summed E-state index contributed by atoms with van der Waals surface area (Å²) in [4.78, 5) is 0. The second kappa shape index (κ2) is 7.34. The molecule has 0 aromatic rings. The average Bonchev–Trinajstić information content (AvgIpc) is 2.04. The first kappa shape index (κ1) is 12.9. The summed E-state index contributed by atoms with van der Waals surface area (Å²) in [5.74, 6) is 1.00. The van der Waals surface area contributed by atoms with Gasteiger partial charge in [0.1, 0.15) is 0 Å². The lowest BCUT2D eigenvalue weighted by atomic mass is 9.98. The normalized spacial score (nSPS) is 16.2. The monoisotopic (exact) mass is 188 g/mol. The Morgan fingerprint density at radius 2 is 1.77 bits per heavy atom. The molecule has 0 saturated carbocycles. The van der Waals surface area contributed by atoms with E-state index in [1.165, 1.54) is 6.42 Å². The van der Waals surface area contributed by atoms with E-state index in [1.807, 2.05) is 6.92 Å². The molecule has 2 heteroatoms. The molecule has 0 aromatic carbocycles. The lowest BCUT2D eigenvalue weighted by molar-refractivity contribution is 0.0499. The van der Waals surface area contributed by atoms with Gasteiger partial charge in [0.15, 0.2) is 0 Å². The molecule has 1 N–H and O–H groups in total. The first-order valence-corrected chi connectivity index (χ1v) is 5.25. The molecule has 0 amide bonds. The molecule has 0 spiro atoms. The molecule has 0 heterocycles. The Hall–Kier alpha value is -0.0800. The zero-order valence-corrected chi connectivity index (χ0v) is 9.42. The standard InChI is InChI=1S/C11H24O2/c1-9(2)6-5-7-11(12)10(3)8-13-4/h9-12H,5-8H2,1-4H3. The third-order valence-corrected chi connectivity index (χ3v) is 2.37. The quantitative estimate of drug-likeness (QED) is 0.665. The van der Waals surface area contributed by atoms with Gasteiger partial charge in [-0.25, -0.2) is 0 Å². The number of aliphatic hydroxyl groups is 1. The maximum absolute atomic E-state index is 9.68. The average molecular weight is 188 g/mol. The number of rotatable bonds is 7. The summed E-state index contributed by atoms with van der Waals surface area (Å²) in [6, 6.07) is 0. The van der Waals surface area contributed by atoms with Crippen LogP contribution in [-0.4, -0.2) is 24.9 Å². The molecule has 0 saturated heterocycles. The SMILES string of the molecule is COCC(C)C(O)CCCC(C)C. The van der Waals surface area contributed by atoms with E-state index in [0.717, 1.165) is 18.8 Å². The third kappa shape index (κ3) is 7.03. The summed E-state index contributed by atoms with van der Waals surface area (Å²) in [7, 11) is 1.68. The van der Waals surface area contributed by atoms with E-state index >= 15 is 0 Å². The lowest BCUT2D eigenvalue weighted by Gasteiger charge is -2.18. The van der Waals surface area contributed by atoms with Crippen LogP contribution in [0.25, 0.3) is 0 Å². The summed E-state index contributed by atoms with van der Waals surface area (Å²) in [5.41, 5.74) is 0. The van der Waals surface area contributed by atoms with E-state index in [0.29, 0.717) is 6.61 Å². The van der Waals surface area contributed by atoms with Gasteiger partial charge in [0.05, 0.1) is 12.7 Å². The summed E-state index contributed by atoms with van der Waals surface area (Å²) in [6.45, 7) is 7.11. The molecule has 0 radical (unpaired) electrons. The molecule has 0 rings (SSSR count). The van der Waals surface area contributed by atoms with E-state index < -0.39 is 0 Å². The molecule has 2 nitrogen and oxygen atoms in total. The smallest absolute Gasteiger partial charge is 0.0587 e. The van der Waals surface area contributed by atoms with Gasteiger partial charge in [-0.15, -0.1) is 0 Å². The van der Waals surface area contributed by atoms with Crippen molar-refractivity contribution in [2.24, 2.45) is 11.8 Å². The number of aliphatic hydroxyl groups excluding tert-OH is 1. The predicted octanol–water partition coefficient (Wildman–Crippen LogP) is 2.46. The van der Waals surface area contributed by atoms with Crippen LogP contribution in [0.4, 0.5) is 0 Å². The second-order valence-corrected chi connectivity index (χ2v) is 4.32. The van der Waals surface area contributed by atoms with Crippen LogP contribution in [0, 0.1) is 11.8 Å². The maximum Gasteiger partial charge on any atom is 0.0587 e. The molecule has 13 heavy (non-hydrogen) atoms. The van der Waals surface area contributed by atoms with E-state index in [9.17, 15) is 5.11 Å². The molecule has 2 unspecified atom stereocenters. The fourth-order valence-electron chi connectivity index (χ4n) is 1.39. The number of hydrogen-bond acceptors (Lipinski definition) is 2. The number of hydrogen-bond donors (Lipinski definition) is 1. The third-order valence-electron chi connectivity index (χ3n) is 2.37. The first-order valence-electron chi connectivity index (χ1n) is 5.25. The summed E-state index contributed by atoms with van der Waals surface area (Å²) < 4.78 is 4.99. The summed E-state index contributed by atoms with van der Waals surface area (Å²) >= 11 is 0. The van der Waals surface area contributed by atoms with Crippen molar-refractivity contribution in [3.8, 4) is 0 Å². The lowest BCUT2D eigenvalue weighted by Crippen LogP contribution is -2.21. The zero-order valence-electron chi connectivity index (χ0n) is 9.42. The van der Waals surface area contributed by atoms with Crippen LogP contribution in [0.2, 0.25) is 0 Å². The minimum absolute atomic E-state index is 0.196. The van der Waals surface area contributed by atoms with Crippen LogP contribution in [0.15, 0.2) is 0 Å². The highest BCUT2D eigenvalue weighted by Crippen LogP contribution is 2.13. The molecule has 0 aliphatic heterocycles. The van der Waals surface area contributed by atoms with Gasteiger partial charge in [0.2, 0.25) is 0 Å². The van der Waals surface area contributed by atoms with Crippen molar-refractivity contribution in [1.29, 1.82) is 0 Å². The number of methoxy groups -OCH3 is 1. The Bertz CT molecular complexity index is 113. The minimum Gasteiger partial charge on any atom is -0.393 e. The van der Waals surface area contributed by atoms with Gasteiger partial charge in [-0.1, -0.05) is 33.6 Å². The fourth-order valence-corrected chi connectivity index (χ4v) is 1.39. The minimum atomic E-state index is -0.196. The van der Waals surface area contributed by atoms with Gasteiger partial charge in [-0.3, -0.25) is 0 Å². The topological polar surface area (TPSA) is 29.5 Å². The molecular weight excluding hydrogens is 164 g/mol. The Morgan fingerprint density at radius 3 is 2.23 bits per heavy atom. The highest BCUT2D eigenvalue weighted by molar-refractivity contribution is 4.64. The Morgan fingerprint density at radius 1 is 1.15 bits per heavy atom. The molecule has 0 bridgehead atoms. The summed E-state index contributed by atoms with van der Waals surface area (Å²) in [6.07, 6.45) is 3.03. The zero-order chi connectivity index (χ0) is 10.3. The van der Waals surface area contributed by atoms with Gasteiger partial charge in [-0.05, 0) is 12.3 Å². The largest absolute Gasteiger partial charge is 0.393 e. The molecule has 0 aliphatic carbocycles. The predicted molar refractivity (Wildman–Crippen MR) is 55.7 cm³/mol. The van der Waals surface area contributed by atoms with Crippen molar-refractivity contribution in [2.45, 2.75) is 46.1 Å². The van der Waals surface area contributed by atoms with Gasteiger partial charge in [0, 0.05) is 13.0 Å². The highest BCUT2D eigenvalue weighted by Gasteiger charge is 2.13. The van der Waals surface area contributed by atoms with Crippen molar-refractivity contribution in [3.05, 3.63) is 0 Å². The maximum atomic E-state index is 9.68. The Kier molecular flexibility index (Phi) is 7.29. The van der Waals surface area contributed by atoms with E-state index in [-0.39, 0.29) is 12.0 Å². The second-order valence-electron chi connectivity index (χ2n) is 4.32. The molecule has 0 fully saturated rings. The van der Waals surface area contributed by atoms with Gasteiger partial charge in [0.25, 0.3) is 0 Å². The van der Waals surface area contributed by atoms with Crippen LogP contribution in [-0.2, 0) is 4.74 Å². The van der Waals surface area contributed by atoms with E-state index in [4.69, 9.17) is 4.74 Å². The van der Waals surface area contributed by atoms with Crippen molar-refractivity contribution >= 4 is 0 Å². The number of ether oxygens (including phenoxy) is 1. The molecule has 2 atom stereocenters. The molecule has 0 aromatic heterocycles. The Labute approximate surface area is 82.3 Å². The summed E-state index contributed by atoms with van der Waals surface area (Å²) in [5, 5.41) is 9.68. The van der Waals surface area contributed by atoms with Crippen LogP contribution in [0.3, 0.4) is 0 Å². The van der Waals surface area contributed by atoms with Crippen molar-refractivity contribution in [2.75, 3.05) is 13.7 Å². The van der Waals surface area contributed by atoms with Crippen LogP contribution >= 0.6 is 0 Å². The molecule has 0 aliphatic rings. The van der Waals surface area contributed by atoms with Gasteiger partial charge in [-0.2, -0.15) is 0 Å². The fraction of sp³-hybridized carbons (Fsp3) is 1.00. The van der Waals surface area contributed by atoms with Crippen molar-refractivity contribution in [3.63, 3.8) is 0 Å². The highest BCUT2D eigenvalue weighted by atomic mass is 16.5. The van der Waals surface area contributed by atoms with E-state index in [2.05, 4.69) is 13.8 Å². The van der Waals surface area contributed by atoms with Gasteiger partial charge >= 0.3 is 0 Å². The Balaban J connectivity index is 3.43. The van der Waals surface area contributed by atoms with Crippen LogP contribution < -0.4 is 0 Å². The van der Waals surface area contributed by atoms with E-state index in [1.54, 1.807) is 7.11 Å². The van der Waals surface area contributed by atoms with Crippen molar-refractivity contribution in [1.82, 2.24) is 0 Å². The van der Waals surface area contributed by atoms with Crippen molar-refractivity contribution < 1.29 is 9.84 Å². The first-order chi connectivity index (χ1) is 6.07. The molecular formula is C11H24O2.